The van der Waals surface area contributed by atoms with E-state index in [4.69, 9.17) is 11.6 Å². The molecule has 0 aliphatic carbocycles. The highest BCUT2D eigenvalue weighted by atomic mass is 127. The SMILES string of the molecule is CC(C)c1cc(I)ccc1NC(=O)CSc1nnc(-c2ccccc2Cl)n1C. The summed E-state index contributed by atoms with van der Waals surface area (Å²) >= 11 is 9.88. The van der Waals surface area contributed by atoms with Crippen LogP contribution in [0.5, 0.6) is 0 Å². The molecule has 1 heterocycles. The van der Waals surface area contributed by atoms with Crippen molar-refractivity contribution in [3.8, 4) is 11.4 Å². The van der Waals surface area contributed by atoms with E-state index in [2.05, 4.69) is 58.0 Å². The average Bonchev–Trinajstić information content (AvgIpc) is 3.02. The van der Waals surface area contributed by atoms with Gasteiger partial charge in [0.15, 0.2) is 11.0 Å². The van der Waals surface area contributed by atoms with E-state index < -0.39 is 0 Å². The number of benzene rings is 2. The van der Waals surface area contributed by atoms with Crippen molar-refractivity contribution in [3.63, 3.8) is 0 Å². The molecule has 0 saturated heterocycles. The molecule has 1 amide bonds. The average molecular weight is 527 g/mol. The number of carbonyl (C=O) groups excluding carboxylic acids is 1. The van der Waals surface area contributed by atoms with Gasteiger partial charge in [0.1, 0.15) is 0 Å². The highest BCUT2D eigenvalue weighted by Gasteiger charge is 2.16. The van der Waals surface area contributed by atoms with Gasteiger partial charge in [-0.2, -0.15) is 0 Å². The number of hydrogen-bond donors (Lipinski definition) is 1. The van der Waals surface area contributed by atoms with Crippen LogP contribution < -0.4 is 5.32 Å². The van der Waals surface area contributed by atoms with Crippen molar-refractivity contribution >= 4 is 57.5 Å². The first-order valence-corrected chi connectivity index (χ1v) is 11.2. The van der Waals surface area contributed by atoms with Crippen LogP contribution >= 0.6 is 46.0 Å². The van der Waals surface area contributed by atoms with E-state index in [9.17, 15) is 4.79 Å². The number of aromatic nitrogens is 3. The van der Waals surface area contributed by atoms with Gasteiger partial charge in [0.25, 0.3) is 0 Å². The minimum absolute atomic E-state index is 0.0737. The van der Waals surface area contributed by atoms with Gasteiger partial charge in [-0.15, -0.1) is 10.2 Å². The van der Waals surface area contributed by atoms with Crippen LogP contribution in [0.3, 0.4) is 0 Å². The van der Waals surface area contributed by atoms with Crippen LogP contribution in [0.25, 0.3) is 11.4 Å². The molecule has 28 heavy (non-hydrogen) atoms. The largest absolute Gasteiger partial charge is 0.325 e. The zero-order chi connectivity index (χ0) is 20.3. The number of carbonyl (C=O) groups is 1. The molecule has 146 valence electrons. The molecule has 0 bridgehead atoms. The number of halogens is 2. The molecule has 0 aliphatic rings. The second kappa shape index (κ2) is 9.28. The van der Waals surface area contributed by atoms with Crippen LogP contribution in [0.15, 0.2) is 47.6 Å². The summed E-state index contributed by atoms with van der Waals surface area (Å²) < 4.78 is 3.00. The van der Waals surface area contributed by atoms with Crippen molar-refractivity contribution in [2.75, 3.05) is 11.1 Å². The van der Waals surface area contributed by atoms with Gasteiger partial charge in [0, 0.05) is 21.9 Å². The van der Waals surface area contributed by atoms with E-state index in [0.717, 1.165) is 20.4 Å². The molecule has 0 spiro atoms. The maximum Gasteiger partial charge on any atom is 0.234 e. The first-order valence-electron chi connectivity index (χ1n) is 8.73. The van der Waals surface area contributed by atoms with Gasteiger partial charge in [0.05, 0.1) is 10.8 Å². The molecule has 2 aromatic carbocycles. The Morgan fingerprint density at radius 1 is 1.25 bits per heavy atom. The summed E-state index contributed by atoms with van der Waals surface area (Å²) in [5.74, 6) is 1.18. The molecule has 0 unspecified atom stereocenters. The highest BCUT2D eigenvalue weighted by molar-refractivity contribution is 14.1. The second-order valence-electron chi connectivity index (χ2n) is 6.57. The molecule has 5 nitrogen and oxygen atoms in total. The van der Waals surface area contributed by atoms with Gasteiger partial charge in [-0.05, 0) is 64.4 Å². The topological polar surface area (TPSA) is 59.8 Å². The summed E-state index contributed by atoms with van der Waals surface area (Å²) in [4.78, 5) is 12.5. The van der Waals surface area contributed by atoms with E-state index in [0.29, 0.717) is 21.9 Å². The van der Waals surface area contributed by atoms with Crippen LogP contribution in [0.1, 0.15) is 25.3 Å². The molecule has 3 aromatic rings. The molecule has 1 N–H and O–H groups in total. The second-order valence-corrected chi connectivity index (χ2v) is 9.16. The van der Waals surface area contributed by atoms with Crippen LogP contribution in [-0.2, 0) is 11.8 Å². The number of nitrogens with zero attached hydrogens (tertiary/aromatic N) is 3. The summed E-state index contributed by atoms with van der Waals surface area (Å²) in [6, 6.07) is 13.6. The minimum atomic E-state index is -0.0737. The van der Waals surface area contributed by atoms with Crippen LogP contribution in [0, 0.1) is 3.57 Å². The Balaban J connectivity index is 1.69. The van der Waals surface area contributed by atoms with Crippen molar-refractivity contribution in [2.45, 2.75) is 24.9 Å². The first kappa shape index (κ1) is 21.1. The van der Waals surface area contributed by atoms with E-state index in [1.54, 1.807) is 0 Å². The molecule has 0 saturated carbocycles. The van der Waals surface area contributed by atoms with E-state index >= 15 is 0 Å². The molecule has 0 fully saturated rings. The van der Waals surface area contributed by atoms with Gasteiger partial charge in [-0.1, -0.05) is 49.3 Å². The van der Waals surface area contributed by atoms with Gasteiger partial charge < -0.3 is 9.88 Å². The standard InChI is InChI=1S/C20H20ClIN4OS/c1-12(2)15-10-13(22)8-9-17(15)23-18(27)11-28-20-25-24-19(26(20)3)14-6-4-5-7-16(14)21/h4-10,12H,11H2,1-3H3,(H,23,27). The van der Waals surface area contributed by atoms with E-state index in [1.807, 2.05) is 48.0 Å². The van der Waals surface area contributed by atoms with Crippen LogP contribution in [-0.4, -0.2) is 26.4 Å². The Hall–Kier alpha value is -1.58. The third-order valence-corrected chi connectivity index (χ3v) is 6.21. The maximum atomic E-state index is 12.5. The summed E-state index contributed by atoms with van der Waals surface area (Å²) in [7, 11) is 1.87. The molecule has 0 aliphatic heterocycles. The molecular weight excluding hydrogens is 507 g/mol. The lowest BCUT2D eigenvalue weighted by Gasteiger charge is -2.14. The summed E-state index contributed by atoms with van der Waals surface area (Å²) in [5, 5.41) is 12.7. The molecular formula is C20H20ClIN4OS. The smallest absolute Gasteiger partial charge is 0.234 e. The summed E-state index contributed by atoms with van der Waals surface area (Å²) in [6.45, 7) is 4.23. The van der Waals surface area contributed by atoms with Crippen molar-refractivity contribution in [2.24, 2.45) is 7.05 Å². The fourth-order valence-electron chi connectivity index (χ4n) is 2.76. The van der Waals surface area contributed by atoms with Crippen molar-refractivity contribution in [1.82, 2.24) is 14.8 Å². The Morgan fingerprint density at radius 3 is 2.71 bits per heavy atom. The summed E-state index contributed by atoms with van der Waals surface area (Å²) in [6.07, 6.45) is 0. The quantitative estimate of drug-likeness (QED) is 0.336. The molecule has 3 rings (SSSR count). The number of thioether (sulfide) groups is 1. The van der Waals surface area contributed by atoms with Gasteiger partial charge in [-0.3, -0.25) is 4.79 Å². The minimum Gasteiger partial charge on any atom is -0.325 e. The third kappa shape index (κ3) is 4.87. The predicted molar refractivity (Wildman–Crippen MR) is 124 cm³/mol. The molecule has 1 aromatic heterocycles. The Bertz CT molecular complexity index is 1010. The Labute approximate surface area is 187 Å². The highest BCUT2D eigenvalue weighted by Crippen LogP contribution is 2.29. The number of anilines is 1. The fraction of sp³-hybridized carbons (Fsp3) is 0.250. The van der Waals surface area contributed by atoms with Crippen molar-refractivity contribution in [3.05, 3.63) is 56.6 Å². The maximum absolute atomic E-state index is 12.5. The Morgan fingerprint density at radius 2 is 2.00 bits per heavy atom. The lowest BCUT2D eigenvalue weighted by molar-refractivity contribution is -0.113. The number of hydrogen-bond acceptors (Lipinski definition) is 4. The molecule has 0 radical (unpaired) electrons. The zero-order valence-electron chi connectivity index (χ0n) is 15.7. The van der Waals surface area contributed by atoms with Crippen LogP contribution in [0.4, 0.5) is 5.69 Å². The van der Waals surface area contributed by atoms with E-state index in [-0.39, 0.29) is 11.7 Å². The Kier molecular flexibility index (Phi) is 7.00. The first-order chi connectivity index (χ1) is 13.4. The molecule has 8 heteroatoms. The lowest BCUT2D eigenvalue weighted by Crippen LogP contribution is -2.16. The zero-order valence-corrected chi connectivity index (χ0v) is 19.5. The number of amides is 1. The van der Waals surface area contributed by atoms with Gasteiger partial charge >= 0.3 is 0 Å². The third-order valence-electron chi connectivity index (χ3n) is 4.19. The molecule has 0 atom stereocenters. The predicted octanol–water partition coefficient (Wildman–Crippen LogP) is 5.59. The normalized spacial score (nSPS) is 11.1. The van der Waals surface area contributed by atoms with Crippen molar-refractivity contribution in [1.29, 1.82) is 0 Å². The monoisotopic (exact) mass is 526 g/mol. The van der Waals surface area contributed by atoms with Gasteiger partial charge in [-0.25, -0.2) is 0 Å². The summed E-state index contributed by atoms with van der Waals surface area (Å²) in [5.41, 5.74) is 2.80. The lowest BCUT2D eigenvalue weighted by atomic mass is 10.0. The van der Waals surface area contributed by atoms with Crippen molar-refractivity contribution < 1.29 is 4.79 Å². The number of rotatable bonds is 6. The number of nitrogens with one attached hydrogen (secondary N) is 1. The fourth-order valence-corrected chi connectivity index (χ4v) is 4.21. The van der Waals surface area contributed by atoms with Gasteiger partial charge in [0.2, 0.25) is 5.91 Å². The van der Waals surface area contributed by atoms with E-state index in [1.165, 1.54) is 11.8 Å². The van der Waals surface area contributed by atoms with Crippen LogP contribution in [0.2, 0.25) is 5.02 Å².